The number of nitrogens with zero attached hydrogens (tertiary/aromatic N) is 3. The number of methoxy groups -OCH3 is 1. The molecule has 0 saturated heterocycles. The normalized spacial score (nSPS) is 11.5. The molecule has 0 atom stereocenters. The van der Waals surface area contributed by atoms with E-state index in [0.717, 1.165) is 5.56 Å². The first kappa shape index (κ1) is 21.0. The minimum atomic E-state index is -3.72. The van der Waals surface area contributed by atoms with E-state index in [9.17, 15) is 13.2 Å². The van der Waals surface area contributed by atoms with Crippen molar-refractivity contribution in [3.05, 3.63) is 83.4 Å². The van der Waals surface area contributed by atoms with Gasteiger partial charge in [0.05, 0.1) is 27.5 Å². The van der Waals surface area contributed by atoms with Gasteiger partial charge < -0.3 is 4.74 Å². The highest BCUT2D eigenvalue weighted by atomic mass is 35.5. The molecule has 0 bridgehead atoms. The SMILES string of the molecule is COc1ccc(S(=O)(=O)c2ccc(CCC(=O)c3cnc4nccn4c3)cc2)cc1Cl. The van der Waals surface area contributed by atoms with Gasteiger partial charge in [-0.3, -0.25) is 9.20 Å². The van der Waals surface area contributed by atoms with Crippen LogP contribution in [0.1, 0.15) is 22.3 Å². The molecular formula is C22H18ClN3O4S. The Hall–Kier alpha value is -3.23. The van der Waals surface area contributed by atoms with Gasteiger partial charge in [-0.05, 0) is 42.3 Å². The molecule has 158 valence electrons. The maximum absolute atomic E-state index is 12.9. The molecule has 4 rings (SSSR count). The van der Waals surface area contributed by atoms with Crippen LogP contribution >= 0.6 is 11.6 Å². The molecule has 0 radical (unpaired) electrons. The number of benzene rings is 2. The molecule has 0 aliphatic carbocycles. The van der Waals surface area contributed by atoms with E-state index in [1.165, 1.54) is 43.6 Å². The van der Waals surface area contributed by atoms with Gasteiger partial charge in [-0.1, -0.05) is 23.7 Å². The van der Waals surface area contributed by atoms with Gasteiger partial charge in [0.15, 0.2) is 5.78 Å². The van der Waals surface area contributed by atoms with Gasteiger partial charge in [-0.25, -0.2) is 18.4 Å². The van der Waals surface area contributed by atoms with E-state index in [-0.39, 0.29) is 27.0 Å². The Morgan fingerprint density at radius 2 is 1.84 bits per heavy atom. The summed E-state index contributed by atoms with van der Waals surface area (Å²) >= 11 is 6.06. The summed E-state index contributed by atoms with van der Waals surface area (Å²) in [7, 11) is -2.25. The lowest BCUT2D eigenvalue weighted by Crippen LogP contribution is -2.05. The number of carbonyl (C=O) groups excluding carboxylic acids is 1. The van der Waals surface area contributed by atoms with E-state index in [2.05, 4.69) is 9.97 Å². The lowest BCUT2D eigenvalue weighted by Gasteiger charge is -2.09. The predicted octanol–water partition coefficient (Wildman–Crippen LogP) is 4.04. The van der Waals surface area contributed by atoms with Gasteiger partial charge >= 0.3 is 0 Å². The average molecular weight is 456 g/mol. The van der Waals surface area contributed by atoms with Crippen molar-refractivity contribution < 1.29 is 17.9 Å². The largest absolute Gasteiger partial charge is 0.495 e. The molecule has 0 aliphatic rings. The van der Waals surface area contributed by atoms with Crippen LogP contribution < -0.4 is 4.74 Å². The fourth-order valence-corrected chi connectivity index (χ4v) is 4.76. The predicted molar refractivity (Wildman–Crippen MR) is 116 cm³/mol. The quantitative estimate of drug-likeness (QED) is 0.390. The highest BCUT2D eigenvalue weighted by molar-refractivity contribution is 7.91. The summed E-state index contributed by atoms with van der Waals surface area (Å²) in [4.78, 5) is 20.9. The topological polar surface area (TPSA) is 90.6 Å². The van der Waals surface area contributed by atoms with Crippen molar-refractivity contribution in [2.24, 2.45) is 0 Å². The molecule has 31 heavy (non-hydrogen) atoms. The number of hydrogen-bond donors (Lipinski definition) is 0. The molecule has 7 nitrogen and oxygen atoms in total. The van der Waals surface area contributed by atoms with Crippen molar-refractivity contribution >= 4 is 33.0 Å². The molecular weight excluding hydrogens is 438 g/mol. The standard InChI is InChI=1S/C22H18ClN3O4S/c1-30-21-9-7-18(12-19(21)23)31(28,29)17-5-2-15(3-6-17)4-8-20(27)16-13-25-22-24-10-11-26(22)14-16/h2-3,5-7,9-14H,4,8H2,1H3. The number of carbonyl (C=O) groups is 1. The van der Waals surface area contributed by atoms with Crippen molar-refractivity contribution in [2.75, 3.05) is 7.11 Å². The van der Waals surface area contributed by atoms with Crippen molar-refractivity contribution in [1.82, 2.24) is 14.4 Å². The molecule has 0 saturated carbocycles. The molecule has 4 aromatic rings. The summed E-state index contributed by atoms with van der Waals surface area (Å²) < 4.78 is 32.5. The van der Waals surface area contributed by atoms with Crippen LogP contribution in [-0.4, -0.2) is 35.7 Å². The van der Waals surface area contributed by atoms with E-state index < -0.39 is 9.84 Å². The zero-order valence-corrected chi connectivity index (χ0v) is 18.1. The summed E-state index contributed by atoms with van der Waals surface area (Å²) in [6.45, 7) is 0. The van der Waals surface area contributed by atoms with Crippen LogP contribution in [-0.2, 0) is 16.3 Å². The second-order valence-electron chi connectivity index (χ2n) is 6.84. The Kier molecular flexibility index (Phi) is 5.75. The summed E-state index contributed by atoms with van der Waals surface area (Å²) in [6, 6.07) is 10.8. The van der Waals surface area contributed by atoms with Gasteiger partial charge in [0.1, 0.15) is 5.75 Å². The molecule has 0 unspecified atom stereocenters. The second-order valence-corrected chi connectivity index (χ2v) is 9.20. The molecule has 9 heteroatoms. The summed E-state index contributed by atoms with van der Waals surface area (Å²) in [5, 5.41) is 0.224. The van der Waals surface area contributed by atoms with Crippen LogP contribution in [0.4, 0.5) is 0 Å². The number of sulfone groups is 1. The Morgan fingerprint density at radius 3 is 2.55 bits per heavy atom. The molecule has 0 amide bonds. The van der Waals surface area contributed by atoms with Gasteiger partial charge in [0.25, 0.3) is 0 Å². The lowest BCUT2D eigenvalue weighted by molar-refractivity contribution is 0.0982. The molecule has 2 aromatic heterocycles. The van der Waals surface area contributed by atoms with E-state index in [4.69, 9.17) is 16.3 Å². The number of hydrogen-bond acceptors (Lipinski definition) is 6. The maximum Gasteiger partial charge on any atom is 0.233 e. The average Bonchev–Trinajstić information content (AvgIpc) is 3.25. The van der Waals surface area contributed by atoms with E-state index in [1.807, 2.05) is 0 Å². The van der Waals surface area contributed by atoms with E-state index >= 15 is 0 Å². The van der Waals surface area contributed by atoms with Crippen LogP contribution in [0.5, 0.6) is 5.75 Å². The number of rotatable bonds is 7. The number of halogens is 1. The number of Topliss-reactive ketones (excluding diaryl/α,β-unsaturated/α-hetero) is 1. The molecule has 0 N–H and O–H groups in total. The fourth-order valence-electron chi connectivity index (χ4n) is 3.15. The van der Waals surface area contributed by atoms with Crippen molar-refractivity contribution in [3.8, 4) is 5.75 Å². The van der Waals surface area contributed by atoms with Crippen LogP contribution in [0.2, 0.25) is 5.02 Å². The van der Waals surface area contributed by atoms with Crippen LogP contribution in [0.15, 0.2) is 77.0 Å². The monoisotopic (exact) mass is 455 g/mol. The lowest BCUT2D eigenvalue weighted by atomic mass is 10.0. The van der Waals surface area contributed by atoms with Gasteiger partial charge in [-0.15, -0.1) is 0 Å². The number of aromatic nitrogens is 3. The molecule has 2 aromatic carbocycles. The third-order valence-corrected chi connectivity index (χ3v) is 6.94. The van der Waals surface area contributed by atoms with Crippen LogP contribution in [0.3, 0.4) is 0 Å². The van der Waals surface area contributed by atoms with Crippen molar-refractivity contribution in [3.63, 3.8) is 0 Å². The Labute approximate surface area is 184 Å². The third-order valence-electron chi connectivity index (χ3n) is 4.88. The minimum absolute atomic E-state index is 0.0485. The first-order valence-electron chi connectivity index (χ1n) is 9.38. The third kappa shape index (κ3) is 4.30. The Balaban J connectivity index is 1.46. The second kappa shape index (κ2) is 8.49. The molecule has 2 heterocycles. The van der Waals surface area contributed by atoms with Crippen molar-refractivity contribution in [2.45, 2.75) is 22.6 Å². The Bertz CT molecular complexity index is 1370. The number of imidazole rings is 1. The smallest absolute Gasteiger partial charge is 0.233 e. The van der Waals surface area contributed by atoms with Crippen LogP contribution in [0, 0.1) is 0 Å². The van der Waals surface area contributed by atoms with Gasteiger partial charge in [0.2, 0.25) is 15.6 Å². The van der Waals surface area contributed by atoms with Gasteiger partial charge in [-0.2, -0.15) is 0 Å². The Morgan fingerprint density at radius 1 is 1.10 bits per heavy atom. The zero-order valence-electron chi connectivity index (χ0n) is 16.5. The van der Waals surface area contributed by atoms with Crippen LogP contribution in [0.25, 0.3) is 5.78 Å². The number of ketones is 1. The van der Waals surface area contributed by atoms with E-state index in [1.54, 1.807) is 35.1 Å². The summed E-state index contributed by atoms with van der Waals surface area (Å²) in [5.41, 5.74) is 1.36. The number of fused-ring (bicyclic) bond motifs is 1. The molecule has 0 spiro atoms. The maximum atomic E-state index is 12.9. The first-order chi connectivity index (χ1) is 14.9. The molecule has 0 aliphatic heterocycles. The van der Waals surface area contributed by atoms with Crippen molar-refractivity contribution in [1.29, 1.82) is 0 Å². The van der Waals surface area contributed by atoms with E-state index in [0.29, 0.717) is 23.5 Å². The number of aryl methyl sites for hydroxylation is 1. The highest BCUT2D eigenvalue weighted by Crippen LogP contribution is 2.30. The first-order valence-corrected chi connectivity index (χ1v) is 11.2. The summed E-state index contributed by atoms with van der Waals surface area (Å²) in [6.07, 6.45) is 7.32. The minimum Gasteiger partial charge on any atom is -0.495 e. The van der Waals surface area contributed by atoms with Gasteiger partial charge in [0, 0.05) is 31.2 Å². The summed E-state index contributed by atoms with van der Waals surface area (Å²) in [5.74, 6) is 0.891. The fraction of sp³-hybridized carbons (Fsp3) is 0.136. The number of ether oxygens (including phenoxy) is 1. The molecule has 0 fully saturated rings. The zero-order chi connectivity index (χ0) is 22.0. The highest BCUT2D eigenvalue weighted by Gasteiger charge is 2.19.